The Kier molecular flexibility index (Phi) is 2.20. The Morgan fingerprint density at radius 3 is 3.00 bits per heavy atom. The monoisotopic (exact) mass is 181 g/mol. The van der Waals surface area contributed by atoms with Crippen LogP contribution in [0.1, 0.15) is 18.4 Å². The third-order valence-corrected chi connectivity index (χ3v) is 2.43. The molecule has 1 nitrogen and oxygen atoms in total. The predicted molar refractivity (Wildman–Crippen MR) is 59.0 cm³/mol. The van der Waals surface area contributed by atoms with Crippen molar-refractivity contribution in [3.63, 3.8) is 0 Å². The number of rotatable bonds is 1. The third-order valence-electron chi connectivity index (χ3n) is 2.43. The number of hydrogen-bond acceptors (Lipinski definition) is 1. The smallest absolute Gasteiger partial charge is 0.0427 e. The van der Waals surface area contributed by atoms with Crippen molar-refractivity contribution in [2.75, 3.05) is 0 Å². The van der Waals surface area contributed by atoms with E-state index < -0.39 is 0 Å². The summed E-state index contributed by atoms with van der Waals surface area (Å²) in [5.41, 5.74) is 1.20. The Labute approximate surface area is 83.8 Å². The lowest BCUT2D eigenvalue weighted by atomic mass is 9.96. The highest BCUT2D eigenvalue weighted by Crippen LogP contribution is 2.23. The van der Waals surface area contributed by atoms with Gasteiger partial charge in [0.15, 0.2) is 0 Å². The van der Waals surface area contributed by atoms with E-state index in [0.717, 1.165) is 5.39 Å². The fourth-order valence-corrected chi connectivity index (χ4v) is 1.61. The molecule has 1 aromatic heterocycles. The molecule has 68 valence electrons. The second-order valence-electron chi connectivity index (χ2n) is 3.33. The summed E-state index contributed by atoms with van der Waals surface area (Å²) in [7, 11) is 0. The van der Waals surface area contributed by atoms with Gasteiger partial charge < -0.3 is 0 Å². The van der Waals surface area contributed by atoms with E-state index in [-0.39, 0.29) is 5.92 Å². The zero-order valence-electron chi connectivity index (χ0n) is 8.07. The Morgan fingerprint density at radius 1 is 1.36 bits per heavy atom. The topological polar surface area (TPSA) is 12.9 Å². The lowest BCUT2D eigenvalue weighted by Gasteiger charge is -2.08. The average Bonchev–Trinajstić information content (AvgIpc) is 2.27. The first-order chi connectivity index (χ1) is 6.83. The molecule has 2 aromatic rings. The van der Waals surface area contributed by atoms with Gasteiger partial charge in [0, 0.05) is 23.7 Å². The molecule has 1 atom stereocenters. The first-order valence-electron chi connectivity index (χ1n) is 4.61. The minimum Gasteiger partial charge on any atom is -0.264 e. The quantitative estimate of drug-likeness (QED) is 0.616. The van der Waals surface area contributed by atoms with Gasteiger partial charge in [-0.1, -0.05) is 24.1 Å². The van der Waals surface area contributed by atoms with E-state index in [4.69, 9.17) is 6.42 Å². The molecule has 0 aliphatic rings. The third kappa shape index (κ3) is 1.36. The largest absolute Gasteiger partial charge is 0.264 e. The zero-order valence-corrected chi connectivity index (χ0v) is 8.07. The van der Waals surface area contributed by atoms with E-state index in [1.807, 2.05) is 25.3 Å². The zero-order chi connectivity index (χ0) is 9.97. The van der Waals surface area contributed by atoms with Crippen LogP contribution >= 0.6 is 0 Å². The van der Waals surface area contributed by atoms with E-state index in [2.05, 4.69) is 23.0 Å². The molecule has 0 spiro atoms. The van der Waals surface area contributed by atoms with Crippen LogP contribution in [0.3, 0.4) is 0 Å². The second-order valence-corrected chi connectivity index (χ2v) is 3.33. The first-order valence-corrected chi connectivity index (χ1v) is 4.61. The molecule has 0 radical (unpaired) electrons. The Bertz CT molecular complexity index is 489. The molecule has 0 saturated carbocycles. The standard InChI is InChI=1S/C13H11N/c1-3-10(2)12-6-4-5-11-9-14-8-7-13(11)12/h1,4-10H,2H3. The minimum atomic E-state index is 0.154. The van der Waals surface area contributed by atoms with Gasteiger partial charge in [0.2, 0.25) is 0 Å². The molecule has 0 saturated heterocycles. The van der Waals surface area contributed by atoms with Crippen LogP contribution in [-0.2, 0) is 0 Å². The van der Waals surface area contributed by atoms with Crippen LogP contribution in [0, 0.1) is 12.3 Å². The van der Waals surface area contributed by atoms with E-state index in [1.54, 1.807) is 6.20 Å². The van der Waals surface area contributed by atoms with Gasteiger partial charge in [-0.2, -0.15) is 0 Å². The van der Waals surface area contributed by atoms with Gasteiger partial charge in [0.1, 0.15) is 0 Å². The van der Waals surface area contributed by atoms with E-state index in [1.165, 1.54) is 10.9 Å². The molecule has 0 aliphatic carbocycles. The molecule has 0 amide bonds. The fourth-order valence-electron chi connectivity index (χ4n) is 1.61. The maximum Gasteiger partial charge on any atom is 0.0427 e. The summed E-state index contributed by atoms with van der Waals surface area (Å²) in [6, 6.07) is 8.16. The van der Waals surface area contributed by atoms with Crippen LogP contribution in [0.4, 0.5) is 0 Å². The lowest BCUT2D eigenvalue weighted by Crippen LogP contribution is -1.91. The van der Waals surface area contributed by atoms with Gasteiger partial charge in [0.05, 0.1) is 0 Å². The van der Waals surface area contributed by atoms with Gasteiger partial charge in [-0.05, 0) is 23.9 Å². The maximum atomic E-state index is 5.43. The molecule has 0 aliphatic heterocycles. The van der Waals surface area contributed by atoms with Crippen LogP contribution in [0.2, 0.25) is 0 Å². The molecule has 0 fully saturated rings. The van der Waals surface area contributed by atoms with Crippen LogP contribution < -0.4 is 0 Å². The number of fused-ring (bicyclic) bond motifs is 1. The summed E-state index contributed by atoms with van der Waals surface area (Å²) >= 11 is 0. The molecular formula is C13H11N. The van der Waals surface area contributed by atoms with Crippen molar-refractivity contribution in [3.05, 3.63) is 42.2 Å². The van der Waals surface area contributed by atoms with Crippen LogP contribution in [-0.4, -0.2) is 4.98 Å². The first kappa shape index (κ1) is 8.77. The summed E-state index contributed by atoms with van der Waals surface area (Å²) in [5.74, 6) is 2.91. The van der Waals surface area contributed by atoms with Gasteiger partial charge in [-0.3, -0.25) is 4.98 Å². The highest BCUT2D eigenvalue weighted by molar-refractivity contribution is 5.85. The average molecular weight is 181 g/mol. The predicted octanol–water partition coefficient (Wildman–Crippen LogP) is 2.97. The van der Waals surface area contributed by atoms with Gasteiger partial charge >= 0.3 is 0 Å². The van der Waals surface area contributed by atoms with Gasteiger partial charge in [0.25, 0.3) is 0 Å². The van der Waals surface area contributed by atoms with E-state index in [0.29, 0.717) is 0 Å². The number of benzene rings is 1. The van der Waals surface area contributed by atoms with Crippen molar-refractivity contribution in [2.45, 2.75) is 12.8 Å². The fraction of sp³-hybridized carbons (Fsp3) is 0.154. The number of pyridine rings is 1. The van der Waals surface area contributed by atoms with E-state index >= 15 is 0 Å². The van der Waals surface area contributed by atoms with Gasteiger partial charge in [-0.15, -0.1) is 6.42 Å². The molecule has 1 heterocycles. The normalized spacial score (nSPS) is 12.3. The number of terminal acetylenes is 1. The van der Waals surface area contributed by atoms with Gasteiger partial charge in [-0.25, -0.2) is 0 Å². The SMILES string of the molecule is C#CC(C)c1cccc2cnccc12. The Morgan fingerprint density at radius 2 is 2.21 bits per heavy atom. The lowest BCUT2D eigenvalue weighted by molar-refractivity contribution is 1.02. The molecule has 1 aromatic carbocycles. The highest BCUT2D eigenvalue weighted by Gasteiger charge is 2.05. The van der Waals surface area contributed by atoms with Crippen molar-refractivity contribution in [1.29, 1.82) is 0 Å². The summed E-state index contributed by atoms with van der Waals surface area (Å²) in [6.07, 6.45) is 9.09. The number of nitrogens with zero attached hydrogens (tertiary/aromatic N) is 1. The molecular weight excluding hydrogens is 170 g/mol. The molecule has 14 heavy (non-hydrogen) atoms. The minimum absolute atomic E-state index is 0.154. The highest BCUT2D eigenvalue weighted by atomic mass is 14.6. The van der Waals surface area contributed by atoms with Crippen LogP contribution in [0.15, 0.2) is 36.7 Å². The molecule has 1 unspecified atom stereocenters. The van der Waals surface area contributed by atoms with Crippen molar-refractivity contribution in [2.24, 2.45) is 0 Å². The van der Waals surface area contributed by atoms with E-state index in [9.17, 15) is 0 Å². The Hall–Kier alpha value is -1.81. The van der Waals surface area contributed by atoms with Crippen molar-refractivity contribution in [3.8, 4) is 12.3 Å². The summed E-state index contributed by atoms with van der Waals surface area (Å²) in [4.78, 5) is 4.09. The molecule has 0 bridgehead atoms. The number of aromatic nitrogens is 1. The van der Waals surface area contributed by atoms with Crippen LogP contribution in [0.5, 0.6) is 0 Å². The van der Waals surface area contributed by atoms with Crippen LogP contribution in [0.25, 0.3) is 10.8 Å². The summed E-state index contributed by atoms with van der Waals surface area (Å²) in [6.45, 7) is 2.04. The summed E-state index contributed by atoms with van der Waals surface area (Å²) in [5, 5.41) is 2.35. The van der Waals surface area contributed by atoms with Crippen molar-refractivity contribution in [1.82, 2.24) is 4.98 Å². The second kappa shape index (κ2) is 3.51. The number of hydrogen-bond donors (Lipinski definition) is 0. The Balaban J connectivity index is 2.72. The molecule has 0 N–H and O–H groups in total. The summed E-state index contributed by atoms with van der Waals surface area (Å²) < 4.78 is 0. The molecule has 1 heteroatoms. The molecule has 2 rings (SSSR count). The van der Waals surface area contributed by atoms with Crippen molar-refractivity contribution < 1.29 is 0 Å². The maximum absolute atomic E-state index is 5.43. The van der Waals surface area contributed by atoms with Crippen molar-refractivity contribution >= 4 is 10.8 Å².